The zero-order chi connectivity index (χ0) is 58.9. The van der Waals surface area contributed by atoms with E-state index in [9.17, 15) is 35.1 Å². The van der Waals surface area contributed by atoms with Gasteiger partial charge in [0, 0.05) is 6.42 Å². The van der Waals surface area contributed by atoms with Crippen molar-refractivity contribution in [2.24, 2.45) is 0 Å². The van der Waals surface area contributed by atoms with Gasteiger partial charge in [0.05, 0.1) is 25.4 Å². The number of carbonyl (C=O) groups is 2. The highest BCUT2D eigenvalue weighted by molar-refractivity contribution is 5.80. The van der Waals surface area contributed by atoms with Crippen LogP contribution in [0.15, 0.2) is 72.9 Å². The molecule has 0 spiro atoms. The highest BCUT2D eigenvalue weighted by Crippen LogP contribution is 2.26. The fraction of sp³-hybridized carbons (Fsp3) is 0.800. The highest BCUT2D eigenvalue weighted by atomic mass is 16.7. The predicted octanol–water partition coefficient (Wildman–Crippen LogP) is 16.7. The van der Waals surface area contributed by atoms with E-state index in [1.807, 2.05) is 6.08 Å². The van der Waals surface area contributed by atoms with Crippen LogP contribution in [0.5, 0.6) is 0 Å². The summed E-state index contributed by atoms with van der Waals surface area (Å²) in [6.07, 6.45) is 63.7. The monoisotopic (exact) mass is 1140 g/mol. The van der Waals surface area contributed by atoms with Crippen LogP contribution in [0.25, 0.3) is 0 Å². The molecule has 0 aromatic carbocycles. The van der Waals surface area contributed by atoms with Crippen molar-refractivity contribution >= 4 is 11.9 Å². The van der Waals surface area contributed by atoms with Crippen molar-refractivity contribution in [3.8, 4) is 0 Å². The van der Waals surface area contributed by atoms with Gasteiger partial charge < -0.3 is 45.1 Å². The normalized spacial score (nSPS) is 19.1. The van der Waals surface area contributed by atoms with Crippen LogP contribution in [0.4, 0.5) is 0 Å². The highest BCUT2D eigenvalue weighted by Gasteiger charge is 2.47. The van der Waals surface area contributed by atoms with E-state index in [0.717, 1.165) is 109 Å². The van der Waals surface area contributed by atoms with Gasteiger partial charge >= 0.3 is 5.97 Å². The fourth-order valence-corrected chi connectivity index (χ4v) is 10.3. The Morgan fingerprint density at radius 1 is 0.494 bits per heavy atom. The maximum Gasteiger partial charge on any atom is 0.306 e. The molecule has 81 heavy (non-hydrogen) atoms. The van der Waals surface area contributed by atoms with Crippen LogP contribution in [0.3, 0.4) is 0 Å². The Morgan fingerprint density at radius 2 is 0.889 bits per heavy atom. The number of rotatable bonds is 57. The summed E-state index contributed by atoms with van der Waals surface area (Å²) in [5.74, 6) is -1.20. The molecule has 0 bridgehead atoms. The lowest BCUT2D eigenvalue weighted by Gasteiger charge is -2.41. The van der Waals surface area contributed by atoms with Crippen molar-refractivity contribution in [2.75, 3.05) is 13.2 Å². The lowest BCUT2D eigenvalue weighted by atomic mass is 9.99. The zero-order valence-electron chi connectivity index (χ0n) is 52.1. The number of ether oxygens (including phenoxy) is 3. The molecule has 1 aliphatic heterocycles. The average Bonchev–Trinajstić information content (AvgIpc) is 3.52. The molecule has 1 saturated heterocycles. The Bertz CT molecular complexity index is 1590. The topological polar surface area (TPSA) is 175 Å². The van der Waals surface area contributed by atoms with Gasteiger partial charge in [0.25, 0.3) is 0 Å². The van der Waals surface area contributed by atoms with Crippen molar-refractivity contribution in [1.29, 1.82) is 0 Å². The third kappa shape index (κ3) is 45.2. The van der Waals surface area contributed by atoms with E-state index in [1.165, 1.54) is 141 Å². The Balaban J connectivity index is 2.61. The molecule has 0 aromatic heterocycles. The van der Waals surface area contributed by atoms with Crippen LogP contribution in [0.2, 0.25) is 0 Å². The van der Waals surface area contributed by atoms with Crippen molar-refractivity contribution in [3.05, 3.63) is 72.9 Å². The third-order valence-corrected chi connectivity index (χ3v) is 15.6. The molecule has 11 nitrogen and oxygen atoms in total. The van der Waals surface area contributed by atoms with Crippen LogP contribution >= 0.6 is 0 Å². The SMILES string of the molecule is CC/C=C\C/C=C\C/C=C\C/C=C\C/C=C\CCCCCCCCC(O)C(=O)NC(COC1OC(CO)C(O)C(O)C1OC(=O)CCCCCCCCCCCCCCCCCCCCC)C(O)/C=C/CCCCCCCCCCC. The molecule has 470 valence electrons. The third-order valence-electron chi connectivity index (χ3n) is 15.6. The standard InChI is InChI=1S/C70H125NO10/c1-4-7-10-13-16-19-22-24-26-28-30-31-32-34-35-37-39-42-45-48-51-54-57-63(74)69(78)71-61(62(73)56-53-50-47-44-41-21-18-15-12-9-6-3)60-79-70-68(67(77)66(76)64(59-72)80-70)81-65(75)58-55-52-49-46-43-40-38-36-33-29-27-25-23-20-17-14-11-8-5-2/h7,10,16,19,24,26,30-31,34-35,53,56,61-64,66-68,70,72-74,76-77H,4-6,8-9,11-15,17-18,20-23,25,27-29,32-33,36-52,54-55,57-60H2,1-3H3,(H,71,78)/b10-7-,19-16-,26-24-,31-30-,35-34-,56-53+. The van der Waals surface area contributed by atoms with E-state index in [-0.39, 0.29) is 19.4 Å². The second-order valence-corrected chi connectivity index (χ2v) is 23.2. The Hall–Kier alpha value is -2.90. The van der Waals surface area contributed by atoms with Crippen molar-refractivity contribution in [1.82, 2.24) is 5.32 Å². The maximum atomic E-state index is 13.5. The molecule has 6 N–H and O–H groups in total. The molecule has 1 heterocycles. The second kappa shape index (κ2) is 57.5. The summed E-state index contributed by atoms with van der Waals surface area (Å²) in [7, 11) is 0. The molecule has 1 amide bonds. The van der Waals surface area contributed by atoms with E-state index in [0.29, 0.717) is 12.8 Å². The summed E-state index contributed by atoms with van der Waals surface area (Å²) in [5.41, 5.74) is 0. The summed E-state index contributed by atoms with van der Waals surface area (Å²) in [6, 6.07) is -1.03. The number of hydrogen-bond donors (Lipinski definition) is 6. The summed E-state index contributed by atoms with van der Waals surface area (Å²) in [5, 5.41) is 57.1. The van der Waals surface area contributed by atoms with Crippen molar-refractivity contribution < 1.29 is 49.3 Å². The van der Waals surface area contributed by atoms with Gasteiger partial charge in [-0.05, 0) is 70.6 Å². The van der Waals surface area contributed by atoms with Gasteiger partial charge in [0.15, 0.2) is 12.4 Å². The van der Waals surface area contributed by atoms with E-state index in [2.05, 4.69) is 86.8 Å². The molecule has 0 aliphatic carbocycles. The first kappa shape index (κ1) is 76.1. The fourth-order valence-electron chi connectivity index (χ4n) is 10.3. The molecule has 0 saturated carbocycles. The van der Waals surface area contributed by atoms with Gasteiger partial charge in [-0.25, -0.2) is 0 Å². The molecule has 1 rings (SSSR count). The van der Waals surface area contributed by atoms with Crippen LogP contribution in [0.1, 0.15) is 297 Å². The predicted molar refractivity (Wildman–Crippen MR) is 338 cm³/mol. The maximum absolute atomic E-state index is 13.5. The number of nitrogens with one attached hydrogen (secondary N) is 1. The Labute approximate surface area is 496 Å². The van der Waals surface area contributed by atoms with Gasteiger partial charge in [0.2, 0.25) is 5.91 Å². The van der Waals surface area contributed by atoms with E-state index in [1.54, 1.807) is 6.08 Å². The largest absolute Gasteiger partial charge is 0.454 e. The number of carbonyl (C=O) groups excluding carboxylic acids is 2. The van der Waals surface area contributed by atoms with Crippen molar-refractivity contribution in [3.63, 3.8) is 0 Å². The zero-order valence-corrected chi connectivity index (χ0v) is 52.1. The molecule has 1 aliphatic rings. The van der Waals surface area contributed by atoms with Crippen LogP contribution in [-0.2, 0) is 23.8 Å². The number of amides is 1. The first-order chi connectivity index (χ1) is 39.7. The molecule has 0 aromatic rings. The number of esters is 1. The molecular weight excluding hydrogens is 1010 g/mol. The number of aliphatic hydroxyl groups excluding tert-OH is 5. The minimum Gasteiger partial charge on any atom is -0.454 e. The molecular formula is C70H125NO10. The van der Waals surface area contributed by atoms with E-state index < -0.39 is 67.4 Å². The van der Waals surface area contributed by atoms with Crippen LogP contribution in [0, 0.1) is 0 Å². The Kier molecular flexibility index (Phi) is 54.1. The smallest absolute Gasteiger partial charge is 0.306 e. The van der Waals surface area contributed by atoms with Gasteiger partial charge in [0.1, 0.15) is 24.4 Å². The first-order valence-electron chi connectivity index (χ1n) is 33.7. The number of hydrogen-bond acceptors (Lipinski definition) is 10. The minimum absolute atomic E-state index is 0.124. The summed E-state index contributed by atoms with van der Waals surface area (Å²) in [6.45, 7) is 5.69. The molecule has 8 atom stereocenters. The van der Waals surface area contributed by atoms with Crippen molar-refractivity contribution in [2.45, 2.75) is 346 Å². The second-order valence-electron chi connectivity index (χ2n) is 23.2. The summed E-state index contributed by atoms with van der Waals surface area (Å²) in [4.78, 5) is 26.6. The van der Waals surface area contributed by atoms with Gasteiger partial charge in [-0.2, -0.15) is 0 Å². The molecule has 11 heteroatoms. The Morgan fingerprint density at radius 3 is 1.33 bits per heavy atom. The summed E-state index contributed by atoms with van der Waals surface area (Å²) >= 11 is 0. The van der Waals surface area contributed by atoms with E-state index >= 15 is 0 Å². The lowest BCUT2D eigenvalue weighted by molar-refractivity contribution is -0.305. The summed E-state index contributed by atoms with van der Waals surface area (Å²) < 4.78 is 17.7. The molecule has 0 radical (unpaired) electrons. The van der Waals surface area contributed by atoms with Gasteiger partial charge in [-0.1, -0.05) is 293 Å². The van der Waals surface area contributed by atoms with Gasteiger partial charge in [-0.3, -0.25) is 9.59 Å². The number of unbranched alkanes of at least 4 members (excludes halogenated alkanes) is 33. The average molecular weight is 1140 g/mol. The first-order valence-corrected chi connectivity index (χ1v) is 33.7. The van der Waals surface area contributed by atoms with E-state index in [4.69, 9.17) is 14.2 Å². The van der Waals surface area contributed by atoms with Crippen LogP contribution < -0.4 is 5.32 Å². The molecule has 1 fully saturated rings. The number of aliphatic hydroxyl groups is 5. The lowest BCUT2D eigenvalue weighted by Crippen LogP contribution is -2.61. The quantitative estimate of drug-likeness (QED) is 0.0195. The minimum atomic E-state index is -1.62. The van der Waals surface area contributed by atoms with Crippen LogP contribution in [-0.4, -0.2) is 99.6 Å². The molecule has 8 unspecified atom stereocenters. The number of allylic oxidation sites excluding steroid dienone is 11. The van der Waals surface area contributed by atoms with Gasteiger partial charge in [-0.15, -0.1) is 0 Å².